The van der Waals surface area contributed by atoms with Crippen LogP contribution in [0.15, 0.2) is 47.2 Å². The Labute approximate surface area is 189 Å². The first-order valence-electron chi connectivity index (χ1n) is 10.2. The summed E-state index contributed by atoms with van der Waals surface area (Å²) in [6.45, 7) is 0. The van der Waals surface area contributed by atoms with E-state index in [1.807, 2.05) is 35.0 Å². The minimum Gasteiger partial charge on any atom is -0.351 e. The third-order valence-corrected chi connectivity index (χ3v) is 6.84. The average molecular weight is 451 g/mol. The Hall–Kier alpha value is -3.02. The lowest BCUT2D eigenvalue weighted by Crippen LogP contribution is -2.46. The SMILES string of the molecule is C#CC(=O)N(c1ccc(-c2csnn2)cc1)C(C(=O)NC1CCCCC1)c1cccs1. The zero-order valence-corrected chi connectivity index (χ0v) is 18.5. The molecule has 1 unspecified atom stereocenters. The molecule has 0 bridgehead atoms. The minimum atomic E-state index is -0.822. The summed E-state index contributed by atoms with van der Waals surface area (Å²) >= 11 is 2.71. The predicted octanol–water partition coefficient (Wildman–Crippen LogP) is 4.42. The molecule has 1 fully saturated rings. The molecule has 3 aromatic rings. The molecule has 4 rings (SSSR count). The molecule has 1 atom stereocenters. The first kappa shape index (κ1) is 21.2. The van der Waals surface area contributed by atoms with Gasteiger partial charge in [-0.05, 0) is 53.9 Å². The summed E-state index contributed by atoms with van der Waals surface area (Å²) < 4.78 is 3.89. The zero-order chi connectivity index (χ0) is 21.6. The fraction of sp³-hybridized carbons (Fsp3) is 0.304. The van der Waals surface area contributed by atoms with Gasteiger partial charge in [0.15, 0.2) is 6.04 Å². The van der Waals surface area contributed by atoms with E-state index in [1.165, 1.54) is 34.2 Å². The number of anilines is 1. The number of hydrogen-bond acceptors (Lipinski definition) is 6. The Morgan fingerprint density at radius 3 is 2.55 bits per heavy atom. The molecular formula is C23H22N4O2S2. The summed E-state index contributed by atoms with van der Waals surface area (Å²) in [7, 11) is 0. The maximum atomic E-state index is 13.4. The van der Waals surface area contributed by atoms with Gasteiger partial charge in [-0.1, -0.05) is 41.9 Å². The highest BCUT2D eigenvalue weighted by molar-refractivity contribution is 7.10. The van der Waals surface area contributed by atoms with E-state index in [1.54, 1.807) is 12.1 Å². The van der Waals surface area contributed by atoms with Gasteiger partial charge in [0.2, 0.25) is 5.91 Å². The molecule has 8 heteroatoms. The van der Waals surface area contributed by atoms with Crippen molar-refractivity contribution in [3.63, 3.8) is 0 Å². The van der Waals surface area contributed by atoms with Crippen molar-refractivity contribution < 1.29 is 9.59 Å². The van der Waals surface area contributed by atoms with E-state index in [2.05, 4.69) is 20.8 Å². The number of thiophene rings is 1. The number of nitrogens with one attached hydrogen (secondary N) is 1. The maximum absolute atomic E-state index is 13.4. The van der Waals surface area contributed by atoms with Gasteiger partial charge in [0.25, 0.3) is 0 Å². The summed E-state index contributed by atoms with van der Waals surface area (Å²) in [5.41, 5.74) is 2.20. The van der Waals surface area contributed by atoms with Crippen LogP contribution in [-0.2, 0) is 9.59 Å². The van der Waals surface area contributed by atoms with Crippen molar-refractivity contribution in [2.24, 2.45) is 0 Å². The molecule has 2 amide bonds. The van der Waals surface area contributed by atoms with Crippen molar-refractivity contribution in [1.82, 2.24) is 14.9 Å². The number of aromatic nitrogens is 2. The van der Waals surface area contributed by atoms with Crippen LogP contribution in [0.5, 0.6) is 0 Å². The van der Waals surface area contributed by atoms with Gasteiger partial charge in [-0.3, -0.25) is 14.5 Å². The molecule has 2 heterocycles. The largest absolute Gasteiger partial charge is 0.351 e. The molecule has 158 valence electrons. The number of terminal acetylenes is 1. The predicted molar refractivity (Wildman–Crippen MR) is 124 cm³/mol. The fourth-order valence-electron chi connectivity index (χ4n) is 3.88. The van der Waals surface area contributed by atoms with Crippen LogP contribution in [0.25, 0.3) is 11.3 Å². The van der Waals surface area contributed by atoms with Gasteiger partial charge in [0.1, 0.15) is 5.69 Å². The monoisotopic (exact) mass is 450 g/mol. The van der Waals surface area contributed by atoms with E-state index >= 15 is 0 Å². The lowest BCUT2D eigenvalue weighted by atomic mass is 9.95. The second kappa shape index (κ2) is 9.86. The molecule has 1 aromatic carbocycles. The van der Waals surface area contributed by atoms with Crippen molar-refractivity contribution in [2.75, 3.05) is 4.90 Å². The van der Waals surface area contributed by atoms with Gasteiger partial charge in [0.05, 0.1) is 0 Å². The van der Waals surface area contributed by atoms with E-state index in [0.717, 1.165) is 41.8 Å². The first-order chi connectivity index (χ1) is 15.2. The number of nitrogens with zero attached hydrogens (tertiary/aromatic N) is 3. The molecule has 2 aromatic heterocycles. The maximum Gasteiger partial charge on any atom is 0.303 e. The molecule has 1 aliphatic carbocycles. The van der Waals surface area contributed by atoms with E-state index in [4.69, 9.17) is 6.42 Å². The van der Waals surface area contributed by atoms with Crippen LogP contribution >= 0.6 is 22.9 Å². The summed E-state index contributed by atoms with van der Waals surface area (Å²) in [5, 5.41) is 11.0. The third-order valence-electron chi connectivity index (χ3n) is 5.41. The van der Waals surface area contributed by atoms with Crippen LogP contribution in [-0.4, -0.2) is 27.4 Å². The molecule has 1 saturated carbocycles. The van der Waals surface area contributed by atoms with Crippen molar-refractivity contribution in [3.8, 4) is 23.6 Å². The van der Waals surface area contributed by atoms with Gasteiger partial charge in [0, 0.05) is 27.5 Å². The number of benzene rings is 1. The first-order valence-corrected chi connectivity index (χ1v) is 11.9. The topological polar surface area (TPSA) is 75.2 Å². The number of carbonyl (C=O) groups excluding carboxylic acids is 2. The minimum absolute atomic E-state index is 0.131. The smallest absolute Gasteiger partial charge is 0.303 e. The van der Waals surface area contributed by atoms with Gasteiger partial charge in [-0.2, -0.15) is 0 Å². The normalized spacial score (nSPS) is 15.1. The van der Waals surface area contributed by atoms with Crippen LogP contribution < -0.4 is 10.2 Å². The highest BCUT2D eigenvalue weighted by atomic mass is 32.1. The summed E-state index contributed by atoms with van der Waals surface area (Å²) in [6, 6.07) is 10.3. The van der Waals surface area contributed by atoms with Gasteiger partial charge >= 0.3 is 5.91 Å². The molecule has 1 N–H and O–H groups in total. The van der Waals surface area contributed by atoms with Gasteiger partial charge < -0.3 is 5.32 Å². The molecule has 1 aliphatic rings. The van der Waals surface area contributed by atoms with E-state index in [9.17, 15) is 9.59 Å². The molecular weight excluding hydrogens is 428 g/mol. The number of hydrogen-bond donors (Lipinski definition) is 1. The quantitative estimate of drug-likeness (QED) is 0.564. The Morgan fingerprint density at radius 2 is 1.94 bits per heavy atom. The Kier molecular flexibility index (Phi) is 6.75. The van der Waals surface area contributed by atoms with Crippen LogP contribution in [0.3, 0.4) is 0 Å². The second-order valence-corrected chi connectivity index (χ2v) is 9.01. The van der Waals surface area contributed by atoms with Crippen LogP contribution in [0.1, 0.15) is 43.0 Å². The Balaban J connectivity index is 1.67. The van der Waals surface area contributed by atoms with Crippen LogP contribution in [0, 0.1) is 12.3 Å². The van der Waals surface area contributed by atoms with Gasteiger partial charge in [-0.25, -0.2) is 0 Å². The molecule has 0 aliphatic heterocycles. The lowest BCUT2D eigenvalue weighted by molar-refractivity contribution is -0.125. The summed E-state index contributed by atoms with van der Waals surface area (Å²) in [5.74, 6) is 1.44. The summed E-state index contributed by atoms with van der Waals surface area (Å²) in [4.78, 5) is 28.4. The summed E-state index contributed by atoms with van der Waals surface area (Å²) in [6.07, 6.45) is 10.8. The van der Waals surface area contributed by atoms with Crippen molar-refractivity contribution in [2.45, 2.75) is 44.2 Å². The van der Waals surface area contributed by atoms with Crippen LogP contribution in [0.2, 0.25) is 0 Å². The van der Waals surface area contributed by atoms with E-state index < -0.39 is 11.9 Å². The van der Waals surface area contributed by atoms with Crippen molar-refractivity contribution in [1.29, 1.82) is 0 Å². The Bertz CT molecular complexity index is 1050. The Morgan fingerprint density at radius 1 is 1.16 bits per heavy atom. The second-order valence-electron chi connectivity index (χ2n) is 7.42. The average Bonchev–Trinajstić information content (AvgIpc) is 3.52. The van der Waals surface area contributed by atoms with Crippen LogP contribution in [0.4, 0.5) is 5.69 Å². The standard InChI is InChI=1S/C23H22N4O2S2/c1-2-21(28)27(18-12-10-16(11-13-18)19-15-31-26-25-19)22(20-9-6-14-30-20)23(29)24-17-7-4-3-5-8-17/h1,6,9-15,17,22H,3-5,7-8H2,(H,24,29). The molecule has 0 radical (unpaired) electrons. The fourth-order valence-corrected chi connectivity index (χ4v) is 5.16. The number of amides is 2. The molecule has 0 saturated heterocycles. The highest BCUT2D eigenvalue weighted by Crippen LogP contribution is 2.32. The lowest BCUT2D eigenvalue weighted by Gasteiger charge is -2.31. The van der Waals surface area contributed by atoms with E-state index in [0.29, 0.717) is 5.69 Å². The zero-order valence-electron chi connectivity index (χ0n) is 16.9. The number of rotatable bonds is 6. The third kappa shape index (κ3) is 4.84. The highest BCUT2D eigenvalue weighted by Gasteiger charge is 2.34. The molecule has 0 spiro atoms. The van der Waals surface area contributed by atoms with Crippen molar-refractivity contribution >= 4 is 40.4 Å². The van der Waals surface area contributed by atoms with Gasteiger partial charge in [-0.15, -0.1) is 22.9 Å². The van der Waals surface area contributed by atoms with Crippen molar-refractivity contribution in [3.05, 3.63) is 52.0 Å². The molecule has 31 heavy (non-hydrogen) atoms. The molecule has 6 nitrogen and oxygen atoms in total. The van der Waals surface area contributed by atoms with E-state index in [-0.39, 0.29) is 11.9 Å². The number of carbonyl (C=O) groups is 2.